The third-order valence-electron chi connectivity index (χ3n) is 2.90. The summed E-state index contributed by atoms with van der Waals surface area (Å²) in [7, 11) is 0. The minimum absolute atomic E-state index is 0.108. The minimum atomic E-state index is -0.724. The molecule has 1 atom stereocenters. The molecule has 0 aliphatic heterocycles. The Hall–Kier alpha value is -2.83. The number of phenolic OH excluding ortho intramolecular Hbond substituents is 2. The fourth-order valence-electron chi connectivity index (χ4n) is 1.96. The van der Waals surface area contributed by atoms with Crippen LogP contribution in [0.1, 0.15) is 18.5 Å². The summed E-state index contributed by atoms with van der Waals surface area (Å²) in [5.41, 5.74) is 0.430. The Labute approximate surface area is 119 Å². The number of hydrogen-bond donors (Lipinski definition) is 3. The van der Waals surface area contributed by atoms with Crippen LogP contribution in [-0.4, -0.2) is 15.1 Å². The molecule has 0 amide bonds. The van der Waals surface area contributed by atoms with Crippen LogP contribution in [0.2, 0.25) is 0 Å². The van der Waals surface area contributed by atoms with Gasteiger partial charge in [-0.1, -0.05) is 0 Å². The molecule has 0 aliphatic rings. The Morgan fingerprint density at radius 3 is 2.33 bits per heavy atom. The Kier molecular flexibility index (Phi) is 3.93. The minimum Gasteiger partial charge on any atom is -0.508 e. The number of nitro groups is 1. The number of hydrogen-bond acceptors (Lipinski definition) is 5. The lowest BCUT2D eigenvalue weighted by atomic mass is 10.1. The van der Waals surface area contributed by atoms with E-state index < -0.39 is 16.8 Å². The molecular formula is C14H13FN2O4. The second-order valence-corrected chi connectivity index (χ2v) is 4.60. The van der Waals surface area contributed by atoms with E-state index in [0.29, 0.717) is 5.56 Å². The Bertz CT molecular complexity index is 670. The number of non-ortho nitro benzene ring substituents is 1. The van der Waals surface area contributed by atoms with Crippen molar-refractivity contribution in [1.29, 1.82) is 0 Å². The highest BCUT2D eigenvalue weighted by Crippen LogP contribution is 2.28. The van der Waals surface area contributed by atoms with E-state index in [1.165, 1.54) is 24.3 Å². The van der Waals surface area contributed by atoms with Crippen molar-refractivity contribution in [3.8, 4) is 11.5 Å². The van der Waals surface area contributed by atoms with Crippen LogP contribution in [0.5, 0.6) is 11.5 Å². The number of halogens is 1. The second-order valence-electron chi connectivity index (χ2n) is 4.60. The first-order valence-corrected chi connectivity index (χ1v) is 6.09. The topological polar surface area (TPSA) is 95.6 Å². The van der Waals surface area contributed by atoms with E-state index in [-0.39, 0.29) is 22.9 Å². The summed E-state index contributed by atoms with van der Waals surface area (Å²) in [6.45, 7) is 1.71. The van der Waals surface area contributed by atoms with Crippen LogP contribution in [0.4, 0.5) is 15.8 Å². The van der Waals surface area contributed by atoms with Crippen molar-refractivity contribution in [2.45, 2.75) is 13.0 Å². The molecule has 110 valence electrons. The lowest BCUT2D eigenvalue weighted by Crippen LogP contribution is -2.07. The van der Waals surface area contributed by atoms with Crippen LogP contribution < -0.4 is 5.32 Å². The van der Waals surface area contributed by atoms with Crippen LogP contribution in [0.15, 0.2) is 36.4 Å². The van der Waals surface area contributed by atoms with Crippen molar-refractivity contribution < 1.29 is 19.5 Å². The van der Waals surface area contributed by atoms with Gasteiger partial charge in [0.05, 0.1) is 11.0 Å². The van der Waals surface area contributed by atoms with Crippen molar-refractivity contribution >= 4 is 11.4 Å². The molecule has 0 aliphatic carbocycles. The zero-order valence-corrected chi connectivity index (χ0v) is 11.1. The van der Waals surface area contributed by atoms with E-state index in [2.05, 4.69) is 5.32 Å². The number of rotatable bonds is 4. The number of nitro benzene ring substituents is 1. The number of nitrogens with one attached hydrogen (secondary N) is 1. The van der Waals surface area contributed by atoms with Crippen LogP contribution in [0.3, 0.4) is 0 Å². The molecule has 2 aromatic rings. The summed E-state index contributed by atoms with van der Waals surface area (Å²) in [6, 6.07) is 6.83. The third kappa shape index (κ3) is 3.59. The smallest absolute Gasteiger partial charge is 0.274 e. The highest BCUT2D eigenvalue weighted by molar-refractivity contribution is 5.53. The summed E-state index contributed by atoms with van der Waals surface area (Å²) in [4.78, 5) is 10.0. The van der Waals surface area contributed by atoms with Crippen LogP contribution in [-0.2, 0) is 0 Å². The third-order valence-corrected chi connectivity index (χ3v) is 2.90. The molecule has 3 N–H and O–H groups in total. The maximum Gasteiger partial charge on any atom is 0.274 e. The first-order valence-electron chi connectivity index (χ1n) is 6.09. The highest BCUT2D eigenvalue weighted by atomic mass is 19.1. The molecule has 0 saturated carbocycles. The van der Waals surface area contributed by atoms with Gasteiger partial charge in [-0.15, -0.1) is 0 Å². The maximum absolute atomic E-state index is 13.3. The number of benzene rings is 2. The fraction of sp³-hybridized carbons (Fsp3) is 0.143. The van der Waals surface area contributed by atoms with Gasteiger partial charge in [0.2, 0.25) is 0 Å². The standard InChI is InChI=1S/C14H13FN2O4/c1-8(9-2-13(18)7-14(19)3-9)16-11-4-10(15)5-12(6-11)17(20)21/h2-8,16,18-19H,1H3. The Morgan fingerprint density at radius 1 is 1.14 bits per heavy atom. The Morgan fingerprint density at radius 2 is 1.76 bits per heavy atom. The largest absolute Gasteiger partial charge is 0.508 e. The van der Waals surface area contributed by atoms with Crippen molar-refractivity contribution in [3.05, 3.63) is 57.9 Å². The van der Waals surface area contributed by atoms with E-state index in [0.717, 1.165) is 12.1 Å². The molecule has 2 rings (SSSR count). The summed E-state index contributed by atoms with van der Waals surface area (Å²) in [5.74, 6) is -0.939. The molecule has 0 aromatic heterocycles. The molecule has 0 heterocycles. The average molecular weight is 292 g/mol. The van der Waals surface area contributed by atoms with E-state index in [4.69, 9.17) is 0 Å². The van der Waals surface area contributed by atoms with Crippen molar-refractivity contribution in [2.75, 3.05) is 5.32 Å². The zero-order valence-electron chi connectivity index (χ0n) is 11.1. The zero-order chi connectivity index (χ0) is 15.6. The molecule has 1 unspecified atom stereocenters. The average Bonchev–Trinajstić information content (AvgIpc) is 2.36. The predicted octanol–water partition coefficient (Wildman–Crippen LogP) is 3.32. The van der Waals surface area contributed by atoms with Gasteiger partial charge in [-0.25, -0.2) is 4.39 Å². The summed E-state index contributed by atoms with van der Waals surface area (Å²) in [6.07, 6.45) is 0. The molecule has 0 radical (unpaired) electrons. The molecule has 0 spiro atoms. The van der Waals surface area contributed by atoms with Gasteiger partial charge < -0.3 is 15.5 Å². The quantitative estimate of drug-likeness (QED) is 0.593. The van der Waals surface area contributed by atoms with E-state index in [1.807, 2.05) is 0 Å². The second kappa shape index (κ2) is 5.66. The Balaban J connectivity index is 2.26. The van der Waals surface area contributed by atoms with Crippen LogP contribution in [0, 0.1) is 15.9 Å². The van der Waals surface area contributed by atoms with Gasteiger partial charge in [-0.2, -0.15) is 0 Å². The van der Waals surface area contributed by atoms with Gasteiger partial charge in [-0.05, 0) is 30.7 Å². The lowest BCUT2D eigenvalue weighted by molar-refractivity contribution is -0.385. The first-order chi connectivity index (χ1) is 9.85. The van der Waals surface area contributed by atoms with Crippen molar-refractivity contribution in [3.63, 3.8) is 0 Å². The maximum atomic E-state index is 13.3. The number of phenols is 2. The van der Waals surface area contributed by atoms with E-state index in [1.54, 1.807) is 6.92 Å². The highest BCUT2D eigenvalue weighted by Gasteiger charge is 2.13. The molecule has 0 fully saturated rings. The first kappa shape index (κ1) is 14.6. The molecule has 0 bridgehead atoms. The SMILES string of the molecule is CC(Nc1cc(F)cc([N+](=O)[O-])c1)c1cc(O)cc(O)c1. The van der Waals surface area contributed by atoms with Crippen molar-refractivity contribution in [2.24, 2.45) is 0 Å². The van der Waals surface area contributed by atoms with Gasteiger partial charge >= 0.3 is 0 Å². The molecule has 7 heteroatoms. The van der Waals surface area contributed by atoms with Crippen molar-refractivity contribution in [1.82, 2.24) is 0 Å². The van der Waals surface area contributed by atoms with E-state index in [9.17, 15) is 24.7 Å². The van der Waals surface area contributed by atoms with Gasteiger partial charge in [0.1, 0.15) is 17.3 Å². The number of nitrogens with zero attached hydrogens (tertiary/aromatic N) is 1. The summed E-state index contributed by atoms with van der Waals surface area (Å²) >= 11 is 0. The van der Waals surface area contributed by atoms with Gasteiger partial charge in [0.25, 0.3) is 5.69 Å². The van der Waals surface area contributed by atoms with Crippen LogP contribution in [0.25, 0.3) is 0 Å². The fourth-order valence-corrected chi connectivity index (χ4v) is 1.96. The normalized spacial score (nSPS) is 11.9. The molecule has 21 heavy (non-hydrogen) atoms. The molecule has 6 nitrogen and oxygen atoms in total. The summed E-state index contributed by atoms with van der Waals surface area (Å²) < 4.78 is 13.3. The van der Waals surface area contributed by atoms with E-state index >= 15 is 0 Å². The predicted molar refractivity (Wildman–Crippen MR) is 74.9 cm³/mol. The molecule has 0 saturated heterocycles. The molecule has 2 aromatic carbocycles. The van der Waals surface area contributed by atoms with Gasteiger partial charge in [-0.3, -0.25) is 10.1 Å². The molecular weight excluding hydrogens is 279 g/mol. The monoisotopic (exact) mass is 292 g/mol. The number of aromatic hydroxyl groups is 2. The lowest BCUT2D eigenvalue weighted by Gasteiger charge is -2.16. The van der Waals surface area contributed by atoms with Crippen LogP contribution >= 0.6 is 0 Å². The van der Waals surface area contributed by atoms with Gasteiger partial charge in [0.15, 0.2) is 0 Å². The number of anilines is 1. The summed E-state index contributed by atoms with van der Waals surface area (Å²) in [5, 5.41) is 32.4. The van der Waals surface area contributed by atoms with Gasteiger partial charge in [0, 0.05) is 23.9 Å².